The van der Waals surface area contributed by atoms with Crippen LogP contribution < -0.4 is 22.2 Å². The van der Waals surface area contributed by atoms with Crippen molar-refractivity contribution in [2.24, 2.45) is 11.8 Å². The van der Waals surface area contributed by atoms with Crippen molar-refractivity contribution in [2.45, 2.75) is 246 Å². The smallest absolute Gasteiger partial charge is 0.264 e. The predicted molar refractivity (Wildman–Crippen MR) is 289 cm³/mol. The number of furan rings is 4. The first kappa shape index (κ1) is 54.7. The summed E-state index contributed by atoms with van der Waals surface area (Å²) in [5.74, 6) is 0.765. The molecule has 6 rings (SSSR count). The molecular formula is C60H88N2O8. The highest BCUT2D eigenvalue weighted by atomic mass is 16.4. The summed E-state index contributed by atoms with van der Waals surface area (Å²) in [6, 6.07) is 6.43. The fourth-order valence-corrected chi connectivity index (χ4v) is 10.8. The maximum Gasteiger partial charge on any atom is 0.264 e. The molecule has 0 amide bonds. The molecule has 0 bridgehead atoms. The Balaban J connectivity index is 1.31. The van der Waals surface area contributed by atoms with Crippen LogP contribution in [0.4, 0.5) is 0 Å². The normalized spacial score (nSPS) is 12.9. The van der Waals surface area contributed by atoms with Crippen LogP contribution in [0.1, 0.15) is 233 Å². The van der Waals surface area contributed by atoms with Gasteiger partial charge < -0.3 is 17.7 Å². The van der Waals surface area contributed by atoms with Gasteiger partial charge in [0.2, 0.25) is 0 Å². The topological polar surface area (TPSA) is 131 Å². The van der Waals surface area contributed by atoms with Crippen LogP contribution >= 0.6 is 0 Å². The van der Waals surface area contributed by atoms with Crippen molar-refractivity contribution in [3.8, 4) is 11.5 Å². The summed E-state index contributed by atoms with van der Waals surface area (Å²) in [7, 11) is 0. The van der Waals surface area contributed by atoms with Gasteiger partial charge >= 0.3 is 0 Å². The SMILES string of the molecule is CCCCCCCCCCC(CCCCCCCC)Cn1c(=O)c2ccoc2c2oc(-c3cc4c(=O)n(CC(CCCCCCCC)CCCCCCCCCC)c(=O)c5ccoc5c4o3)cc2c1=O. The Morgan fingerprint density at radius 3 is 0.929 bits per heavy atom. The Morgan fingerprint density at radius 1 is 0.357 bits per heavy atom. The number of hydrogen-bond acceptors (Lipinski definition) is 8. The van der Waals surface area contributed by atoms with Gasteiger partial charge in [0, 0.05) is 25.2 Å². The molecule has 386 valence electrons. The Hall–Kier alpha value is -4.60. The van der Waals surface area contributed by atoms with Crippen molar-refractivity contribution in [2.75, 3.05) is 0 Å². The number of rotatable bonds is 37. The van der Waals surface area contributed by atoms with Gasteiger partial charge in [0.05, 0.1) is 34.1 Å². The van der Waals surface area contributed by atoms with Crippen LogP contribution in [-0.2, 0) is 13.1 Å². The molecule has 6 aromatic heterocycles. The van der Waals surface area contributed by atoms with E-state index in [1.807, 2.05) is 0 Å². The molecule has 10 heteroatoms. The number of unbranched alkanes of at least 4 members (excludes halogenated alkanes) is 24. The highest BCUT2D eigenvalue weighted by molar-refractivity contribution is 6.02. The van der Waals surface area contributed by atoms with Crippen molar-refractivity contribution in [1.82, 2.24) is 9.13 Å². The van der Waals surface area contributed by atoms with Gasteiger partial charge in [-0.1, -0.05) is 207 Å². The third-order valence-electron chi connectivity index (χ3n) is 15.1. The molecule has 0 aliphatic carbocycles. The van der Waals surface area contributed by atoms with E-state index in [2.05, 4.69) is 27.7 Å². The Kier molecular flexibility index (Phi) is 23.2. The molecular weight excluding hydrogens is 877 g/mol. The fraction of sp³-hybridized carbons (Fsp3) is 0.667. The zero-order valence-electron chi connectivity index (χ0n) is 43.8. The van der Waals surface area contributed by atoms with Gasteiger partial charge in [-0.25, -0.2) is 0 Å². The molecule has 0 saturated carbocycles. The van der Waals surface area contributed by atoms with Crippen LogP contribution in [0.25, 0.3) is 55.4 Å². The van der Waals surface area contributed by atoms with Crippen molar-refractivity contribution < 1.29 is 17.7 Å². The van der Waals surface area contributed by atoms with E-state index in [9.17, 15) is 19.2 Å². The zero-order valence-corrected chi connectivity index (χ0v) is 43.8. The van der Waals surface area contributed by atoms with Crippen molar-refractivity contribution in [1.29, 1.82) is 0 Å². The highest BCUT2D eigenvalue weighted by Crippen LogP contribution is 2.35. The van der Waals surface area contributed by atoms with Gasteiger partial charge in [-0.3, -0.25) is 28.3 Å². The minimum absolute atomic E-state index is 0.151. The maximum absolute atomic E-state index is 14.7. The summed E-state index contributed by atoms with van der Waals surface area (Å²) in [6.07, 6.45) is 40.6. The summed E-state index contributed by atoms with van der Waals surface area (Å²) in [6.45, 7) is 9.60. The lowest BCUT2D eigenvalue weighted by atomic mass is 9.93. The van der Waals surface area contributed by atoms with Crippen LogP contribution in [0.15, 0.2) is 73.6 Å². The van der Waals surface area contributed by atoms with Crippen LogP contribution in [0.3, 0.4) is 0 Å². The lowest BCUT2D eigenvalue weighted by Gasteiger charge is -2.17. The Bertz CT molecular complexity index is 2520. The number of fused-ring (bicyclic) bond motifs is 6. The van der Waals surface area contributed by atoms with Gasteiger partial charge in [-0.05, 0) is 49.7 Å². The van der Waals surface area contributed by atoms with Crippen LogP contribution in [0.2, 0.25) is 0 Å². The molecule has 0 N–H and O–H groups in total. The van der Waals surface area contributed by atoms with Gasteiger partial charge in [-0.15, -0.1) is 0 Å². The van der Waals surface area contributed by atoms with Gasteiger partial charge in [0.25, 0.3) is 22.2 Å². The first-order chi connectivity index (χ1) is 34.3. The minimum atomic E-state index is -0.438. The van der Waals surface area contributed by atoms with Crippen molar-refractivity contribution in [3.63, 3.8) is 0 Å². The second-order valence-corrected chi connectivity index (χ2v) is 20.8. The van der Waals surface area contributed by atoms with E-state index in [-0.39, 0.29) is 78.4 Å². The third-order valence-corrected chi connectivity index (χ3v) is 15.1. The molecule has 0 aliphatic heterocycles. The van der Waals surface area contributed by atoms with E-state index in [0.717, 1.165) is 77.0 Å². The number of nitrogens with zero attached hydrogens (tertiary/aromatic N) is 2. The number of aromatic nitrogens is 2. The van der Waals surface area contributed by atoms with E-state index in [4.69, 9.17) is 17.7 Å². The Labute approximate surface area is 417 Å². The summed E-state index contributed by atoms with van der Waals surface area (Å²) >= 11 is 0. The van der Waals surface area contributed by atoms with Crippen LogP contribution in [0, 0.1) is 11.8 Å². The summed E-state index contributed by atoms with van der Waals surface area (Å²) in [4.78, 5) is 58.0. The monoisotopic (exact) mass is 965 g/mol. The highest BCUT2D eigenvalue weighted by Gasteiger charge is 2.25. The van der Waals surface area contributed by atoms with Gasteiger partial charge in [-0.2, -0.15) is 0 Å². The van der Waals surface area contributed by atoms with Crippen LogP contribution in [0.5, 0.6) is 0 Å². The second kappa shape index (κ2) is 29.7. The molecule has 10 nitrogen and oxygen atoms in total. The first-order valence-corrected chi connectivity index (χ1v) is 28.5. The number of hydrogen-bond donors (Lipinski definition) is 0. The molecule has 0 radical (unpaired) electrons. The van der Waals surface area contributed by atoms with Crippen LogP contribution in [-0.4, -0.2) is 9.13 Å². The third kappa shape index (κ3) is 15.2. The van der Waals surface area contributed by atoms with Crippen molar-refractivity contribution in [3.05, 3.63) is 78.2 Å². The molecule has 70 heavy (non-hydrogen) atoms. The first-order valence-electron chi connectivity index (χ1n) is 28.5. The van der Waals surface area contributed by atoms with E-state index in [0.29, 0.717) is 13.1 Å². The Morgan fingerprint density at radius 2 is 0.629 bits per heavy atom. The lowest BCUT2D eigenvalue weighted by molar-refractivity contribution is 0.351. The molecule has 0 aliphatic rings. The van der Waals surface area contributed by atoms with Crippen molar-refractivity contribution >= 4 is 43.9 Å². The average Bonchev–Trinajstić information content (AvgIpc) is 4.20. The minimum Gasteiger partial charge on any atom is -0.460 e. The molecule has 0 fully saturated rings. The van der Waals surface area contributed by atoms with E-state index >= 15 is 0 Å². The maximum atomic E-state index is 14.7. The zero-order chi connectivity index (χ0) is 49.5. The summed E-state index contributed by atoms with van der Waals surface area (Å²) in [5.41, 5.74) is -0.947. The van der Waals surface area contributed by atoms with Gasteiger partial charge in [0.1, 0.15) is 0 Å². The molecule has 2 atom stereocenters. The molecule has 2 unspecified atom stereocenters. The second-order valence-electron chi connectivity index (χ2n) is 20.8. The quantitative estimate of drug-likeness (QED) is 0.0353. The molecule has 6 aromatic rings. The van der Waals surface area contributed by atoms with E-state index in [1.54, 1.807) is 24.3 Å². The fourth-order valence-electron chi connectivity index (χ4n) is 10.8. The molecule has 0 aromatic carbocycles. The summed E-state index contributed by atoms with van der Waals surface area (Å²) in [5, 5.41) is 0.963. The standard InChI is InChI=1S/C60H88N2O8/c1-5-9-13-17-21-23-27-31-35-45(33-29-25-19-15-11-7-3)43-61-57(63)47-37-39-67-53(47)55-49(59(61)65)41-51(69-55)52-42-50-56(70-52)54-48(38-40-68-54)58(64)62(60(50)66)44-46(34-30-26-20-16-12-8-4)36-32-28-24-22-18-14-10-6-2/h37-42,45-46H,5-36,43-44H2,1-4H3. The van der Waals surface area contributed by atoms with E-state index in [1.165, 1.54) is 150 Å². The predicted octanol–water partition coefficient (Wildman–Crippen LogP) is 17.2. The van der Waals surface area contributed by atoms with Gasteiger partial charge in [0.15, 0.2) is 33.9 Å². The summed E-state index contributed by atoms with van der Waals surface area (Å²) < 4.78 is 27.5. The molecule has 0 saturated heterocycles. The largest absolute Gasteiger partial charge is 0.460 e. The molecule has 6 heterocycles. The lowest BCUT2D eigenvalue weighted by Crippen LogP contribution is -2.33. The molecule has 0 spiro atoms. The van der Waals surface area contributed by atoms with E-state index < -0.39 is 11.1 Å². The average molecular weight is 965 g/mol.